The van der Waals surface area contributed by atoms with Crippen LogP contribution >= 0.6 is 0 Å². The molecule has 6 heteroatoms. The summed E-state index contributed by atoms with van der Waals surface area (Å²) in [6, 6.07) is 4.64. The molecule has 0 spiro atoms. The molecule has 2 aromatic carbocycles. The lowest BCUT2D eigenvalue weighted by Gasteiger charge is -2.12. The Balaban J connectivity index is 2.57. The zero-order chi connectivity index (χ0) is 15.0. The van der Waals surface area contributed by atoms with Crippen molar-refractivity contribution in [1.29, 1.82) is 0 Å². The van der Waals surface area contributed by atoms with E-state index in [2.05, 4.69) is 0 Å². The zero-order valence-electron chi connectivity index (χ0n) is 10.5. The Morgan fingerprint density at radius 1 is 0.750 bits per heavy atom. The van der Waals surface area contributed by atoms with Crippen molar-refractivity contribution in [3.05, 3.63) is 58.4 Å². The van der Waals surface area contributed by atoms with Crippen LogP contribution in [-0.2, 0) is 0 Å². The molecule has 0 saturated carbocycles. The molecule has 0 aliphatic rings. The number of hydrogen-bond acceptors (Lipinski definition) is 1. The number of halogens is 5. The van der Waals surface area contributed by atoms with E-state index >= 15 is 0 Å². The van der Waals surface area contributed by atoms with Crippen molar-refractivity contribution in [3.8, 4) is 11.5 Å². The molecule has 0 heterocycles. The molecule has 0 aliphatic carbocycles. The monoisotopic (exact) mass is 288 g/mol. The van der Waals surface area contributed by atoms with Crippen LogP contribution in [0.5, 0.6) is 11.5 Å². The predicted molar refractivity (Wildman–Crippen MR) is 62.2 cm³/mol. The van der Waals surface area contributed by atoms with Crippen molar-refractivity contribution < 1.29 is 26.7 Å². The van der Waals surface area contributed by atoms with Crippen molar-refractivity contribution >= 4 is 0 Å². The van der Waals surface area contributed by atoms with E-state index in [-0.39, 0.29) is 5.75 Å². The van der Waals surface area contributed by atoms with Gasteiger partial charge in [0.2, 0.25) is 34.8 Å². The van der Waals surface area contributed by atoms with E-state index in [1.54, 1.807) is 26.0 Å². The van der Waals surface area contributed by atoms with Crippen LogP contribution < -0.4 is 4.74 Å². The molecule has 0 atom stereocenters. The third-order valence-electron chi connectivity index (χ3n) is 2.94. The fraction of sp³-hybridized carbons (Fsp3) is 0.143. The lowest BCUT2D eigenvalue weighted by molar-refractivity contribution is 0.331. The Morgan fingerprint density at radius 2 is 1.25 bits per heavy atom. The van der Waals surface area contributed by atoms with E-state index in [4.69, 9.17) is 4.74 Å². The third kappa shape index (κ3) is 2.21. The molecule has 0 fully saturated rings. The molecule has 0 unspecified atom stereocenters. The molecule has 0 N–H and O–H groups in total. The molecular formula is C14H9F5O. The SMILES string of the molecule is Cc1cccc(Oc2c(F)c(F)c(F)c(F)c2F)c1C. The maximum Gasteiger partial charge on any atom is 0.207 e. The normalized spacial score (nSPS) is 10.8. The zero-order valence-corrected chi connectivity index (χ0v) is 10.5. The van der Waals surface area contributed by atoms with Crippen molar-refractivity contribution in [2.45, 2.75) is 13.8 Å². The van der Waals surface area contributed by atoms with Gasteiger partial charge in [0.1, 0.15) is 5.75 Å². The average Bonchev–Trinajstić information content (AvgIpc) is 2.43. The second kappa shape index (κ2) is 5.11. The summed E-state index contributed by atoms with van der Waals surface area (Å²) < 4.78 is 70.8. The minimum absolute atomic E-state index is 0.0215. The van der Waals surface area contributed by atoms with Gasteiger partial charge < -0.3 is 4.74 Å². The fourth-order valence-electron chi connectivity index (χ4n) is 1.62. The van der Waals surface area contributed by atoms with Crippen LogP contribution in [0.2, 0.25) is 0 Å². The molecule has 0 amide bonds. The highest BCUT2D eigenvalue weighted by molar-refractivity contribution is 5.42. The Labute approximate surface area is 111 Å². The fourth-order valence-corrected chi connectivity index (χ4v) is 1.62. The molecule has 1 nitrogen and oxygen atoms in total. The van der Waals surface area contributed by atoms with Gasteiger partial charge in [-0.3, -0.25) is 0 Å². The molecule has 0 saturated heterocycles. The van der Waals surface area contributed by atoms with Crippen LogP contribution in [0.15, 0.2) is 18.2 Å². The summed E-state index contributed by atoms with van der Waals surface area (Å²) >= 11 is 0. The van der Waals surface area contributed by atoms with Crippen LogP contribution in [0.25, 0.3) is 0 Å². The largest absolute Gasteiger partial charge is 0.451 e. The number of hydrogen-bond donors (Lipinski definition) is 0. The molecule has 0 aliphatic heterocycles. The Hall–Kier alpha value is -2.11. The molecule has 0 radical (unpaired) electrons. The number of benzene rings is 2. The van der Waals surface area contributed by atoms with Gasteiger partial charge in [0.05, 0.1) is 0 Å². The van der Waals surface area contributed by atoms with Crippen LogP contribution in [0, 0.1) is 42.9 Å². The summed E-state index contributed by atoms with van der Waals surface area (Å²) in [5, 5.41) is 0. The maximum atomic E-state index is 13.5. The average molecular weight is 288 g/mol. The summed E-state index contributed by atoms with van der Waals surface area (Å²) in [4.78, 5) is 0. The first-order valence-electron chi connectivity index (χ1n) is 5.60. The summed E-state index contributed by atoms with van der Waals surface area (Å²) in [6.07, 6.45) is 0. The van der Waals surface area contributed by atoms with Gasteiger partial charge >= 0.3 is 0 Å². The first kappa shape index (κ1) is 14.3. The lowest BCUT2D eigenvalue weighted by Crippen LogP contribution is -2.04. The Morgan fingerprint density at radius 3 is 1.80 bits per heavy atom. The topological polar surface area (TPSA) is 9.23 Å². The molecule has 20 heavy (non-hydrogen) atoms. The van der Waals surface area contributed by atoms with Gasteiger partial charge in [-0.1, -0.05) is 12.1 Å². The summed E-state index contributed by atoms with van der Waals surface area (Å²) in [6.45, 7) is 3.33. The van der Waals surface area contributed by atoms with Gasteiger partial charge in [-0.05, 0) is 31.0 Å². The molecule has 106 valence electrons. The Bertz CT molecular complexity index is 653. The quantitative estimate of drug-likeness (QED) is 0.438. The highest BCUT2D eigenvalue weighted by atomic mass is 19.2. The minimum atomic E-state index is -2.21. The number of aryl methyl sites for hydroxylation is 1. The van der Waals surface area contributed by atoms with E-state index < -0.39 is 34.8 Å². The predicted octanol–water partition coefficient (Wildman–Crippen LogP) is 4.79. The van der Waals surface area contributed by atoms with Crippen molar-refractivity contribution in [1.82, 2.24) is 0 Å². The molecule has 2 rings (SSSR count). The Kier molecular flexibility index (Phi) is 3.65. The van der Waals surface area contributed by atoms with Gasteiger partial charge in [-0.2, -0.15) is 8.78 Å². The first-order valence-corrected chi connectivity index (χ1v) is 5.60. The van der Waals surface area contributed by atoms with Gasteiger partial charge in [0, 0.05) is 0 Å². The number of rotatable bonds is 2. The van der Waals surface area contributed by atoms with Crippen molar-refractivity contribution in [2.75, 3.05) is 0 Å². The van der Waals surface area contributed by atoms with Crippen LogP contribution in [-0.4, -0.2) is 0 Å². The number of ether oxygens (including phenoxy) is 1. The summed E-state index contributed by atoms with van der Waals surface area (Å²) in [5.74, 6) is -11.6. The van der Waals surface area contributed by atoms with E-state index in [1.807, 2.05) is 0 Å². The highest BCUT2D eigenvalue weighted by Gasteiger charge is 2.27. The molecule has 0 bridgehead atoms. The van der Waals surface area contributed by atoms with E-state index in [9.17, 15) is 22.0 Å². The van der Waals surface area contributed by atoms with E-state index in [0.717, 1.165) is 5.56 Å². The van der Waals surface area contributed by atoms with Crippen LogP contribution in [0.4, 0.5) is 22.0 Å². The first-order chi connectivity index (χ1) is 9.34. The van der Waals surface area contributed by atoms with Crippen LogP contribution in [0.3, 0.4) is 0 Å². The van der Waals surface area contributed by atoms with Crippen molar-refractivity contribution in [3.63, 3.8) is 0 Å². The van der Waals surface area contributed by atoms with Gasteiger partial charge in [0.25, 0.3) is 0 Å². The summed E-state index contributed by atoms with van der Waals surface area (Å²) in [5.41, 5.74) is 1.29. The summed E-state index contributed by atoms with van der Waals surface area (Å²) in [7, 11) is 0. The standard InChI is InChI=1S/C14H9F5O/c1-6-4-3-5-8(7(6)2)20-14-12(18)10(16)9(15)11(17)13(14)19/h3-5H,1-2H3. The minimum Gasteiger partial charge on any atom is -0.451 e. The van der Waals surface area contributed by atoms with Crippen LogP contribution in [0.1, 0.15) is 11.1 Å². The van der Waals surface area contributed by atoms with Gasteiger partial charge in [-0.15, -0.1) is 0 Å². The van der Waals surface area contributed by atoms with Gasteiger partial charge in [-0.25, -0.2) is 13.2 Å². The molecule has 2 aromatic rings. The van der Waals surface area contributed by atoms with Crippen molar-refractivity contribution in [2.24, 2.45) is 0 Å². The van der Waals surface area contributed by atoms with E-state index in [1.165, 1.54) is 6.07 Å². The highest BCUT2D eigenvalue weighted by Crippen LogP contribution is 2.34. The maximum absolute atomic E-state index is 13.5. The third-order valence-corrected chi connectivity index (χ3v) is 2.94. The van der Waals surface area contributed by atoms with Gasteiger partial charge in [0.15, 0.2) is 0 Å². The second-order valence-corrected chi connectivity index (χ2v) is 4.20. The lowest BCUT2D eigenvalue weighted by atomic mass is 10.1. The second-order valence-electron chi connectivity index (χ2n) is 4.20. The van der Waals surface area contributed by atoms with E-state index in [0.29, 0.717) is 5.56 Å². The molecule has 0 aromatic heterocycles. The molecular weight excluding hydrogens is 279 g/mol. The smallest absolute Gasteiger partial charge is 0.207 e.